The Morgan fingerprint density at radius 2 is 1.68 bits per heavy atom. The third-order valence-corrected chi connectivity index (χ3v) is 9.03. The van der Waals surface area contributed by atoms with E-state index in [0.29, 0.717) is 18.2 Å². The van der Waals surface area contributed by atoms with Crippen molar-refractivity contribution in [1.82, 2.24) is 0 Å². The predicted molar refractivity (Wildman–Crippen MR) is 121 cm³/mol. The molecule has 5 nitrogen and oxygen atoms in total. The van der Waals surface area contributed by atoms with Gasteiger partial charge in [0.1, 0.15) is 10.6 Å². The summed E-state index contributed by atoms with van der Waals surface area (Å²) in [5.74, 6) is 0.496. The number of nitrogens with one attached hydrogen (secondary N) is 1. The van der Waals surface area contributed by atoms with E-state index in [0.717, 1.165) is 29.0 Å². The molecule has 31 heavy (non-hydrogen) atoms. The number of hydrogen-bond acceptors (Lipinski definition) is 5. The highest BCUT2D eigenvalue weighted by molar-refractivity contribution is 7.91. The molecule has 160 valence electrons. The Bertz CT molecular complexity index is 1190. The van der Waals surface area contributed by atoms with Crippen LogP contribution in [0.1, 0.15) is 48.5 Å². The van der Waals surface area contributed by atoms with Gasteiger partial charge in [-0.2, -0.15) is 0 Å². The average molecular weight is 454 g/mol. The van der Waals surface area contributed by atoms with Crippen LogP contribution in [0.4, 0.5) is 5.69 Å². The Morgan fingerprint density at radius 3 is 2.39 bits per heavy atom. The molecular weight excluding hydrogens is 430 g/mol. The van der Waals surface area contributed by atoms with Gasteiger partial charge in [0.15, 0.2) is 0 Å². The van der Waals surface area contributed by atoms with Crippen LogP contribution in [0.2, 0.25) is 0 Å². The van der Waals surface area contributed by atoms with Gasteiger partial charge >= 0.3 is 0 Å². The molecule has 1 aliphatic heterocycles. The molecule has 1 aliphatic carbocycles. The zero-order chi connectivity index (χ0) is 21.4. The minimum absolute atomic E-state index is 0.165. The van der Waals surface area contributed by atoms with E-state index >= 15 is 0 Å². The number of thiophene rings is 1. The highest BCUT2D eigenvalue weighted by Crippen LogP contribution is 2.46. The van der Waals surface area contributed by atoms with E-state index in [1.165, 1.54) is 24.2 Å². The topological polar surface area (TPSA) is 72.5 Å². The van der Waals surface area contributed by atoms with E-state index in [2.05, 4.69) is 5.32 Å². The molecule has 1 unspecified atom stereocenters. The SMILES string of the molecule is O=C1CC(c2ccc(OC3CCCC3)cc2)c2scc(S(=O)(=O)c3ccccc3)c2N1. The molecule has 2 heterocycles. The highest BCUT2D eigenvalue weighted by Gasteiger charge is 2.34. The summed E-state index contributed by atoms with van der Waals surface area (Å²) in [6.07, 6.45) is 5.22. The lowest BCUT2D eigenvalue weighted by Crippen LogP contribution is -2.23. The molecule has 0 saturated heterocycles. The average Bonchev–Trinajstić information content (AvgIpc) is 3.44. The molecule has 0 radical (unpaired) electrons. The van der Waals surface area contributed by atoms with Crippen molar-refractivity contribution in [2.24, 2.45) is 0 Å². The Morgan fingerprint density at radius 1 is 0.968 bits per heavy atom. The van der Waals surface area contributed by atoms with Gasteiger partial charge in [-0.1, -0.05) is 30.3 Å². The summed E-state index contributed by atoms with van der Waals surface area (Å²) in [6.45, 7) is 0. The first-order valence-corrected chi connectivity index (χ1v) is 12.9. The summed E-state index contributed by atoms with van der Waals surface area (Å²) < 4.78 is 32.4. The molecule has 1 aromatic heterocycles. The molecule has 2 aliphatic rings. The second-order valence-electron chi connectivity index (χ2n) is 8.05. The van der Waals surface area contributed by atoms with Crippen LogP contribution < -0.4 is 10.1 Å². The van der Waals surface area contributed by atoms with E-state index in [1.807, 2.05) is 24.3 Å². The molecule has 3 aromatic rings. The number of carbonyl (C=O) groups is 1. The lowest BCUT2D eigenvalue weighted by molar-refractivity contribution is -0.116. The summed E-state index contributed by atoms with van der Waals surface area (Å²) in [5, 5.41) is 4.45. The van der Waals surface area contributed by atoms with Crippen molar-refractivity contribution in [1.29, 1.82) is 0 Å². The predicted octanol–water partition coefficient (Wildman–Crippen LogP) is 5.38. The molecule has 7 heteroatoms. The summed E-state index contributed by atoms with van der Waals surface area (Å²) in [7, 11) is -3.71. The number of amides is 1. The third-order valence-electron chi connectivity index (χ3n) is 5.99. The van der Waals surface area contributed by atoms with Crippen molar-refractivity contribution in [3.63, 3.8) is 0 Å². The number of fused-ring (bicyclic) bond motifs is 1. The van der Waals surface area contributed by atoms with Crippen molar-refractivity contribution in [2.75, 3.05) is 5.32 Å². The lowest BCUT2D eigenvalue weighted by atomic mass is 9.90. The van der Waals surface area contributed by atoms with E-state index < -0.39 is 9.84 Å². The fourth-order valence-electron chi connectivity index (χ4n) is 4.38. The second-order valence-corrected chi connectivity index (χ2v) is 10.9. The molecule has 0 spiro atoms. The normalized spacial score (nSPS) is 19.1. The van der Waals surface area contributed by atoms with Crippen LogP contribution in [0, 0.1) is 0 Å². The Labute approximate surface area is 186 Å². The molecule has 2 aromatic carbocycles. The lowest BCUT2D eigenvalue weighted by Gasteiger charge is -2.24. The third kappa shape index (κ3) is 3.88. The standard InChI is InChI=1S/C24H23NO4S2/c26-22-14-20(16-10-12-18(13-11-16)29-17-6-4-5-7-17)24-23(25-22)21(15-30-24)31(27,28)19-8-2-1-3-9-19/h1-3,8-13,15,17,20H,4-7,14H2,(H,25,26). The molecule has 1 saturated carbocycles. The molecule has 0 bridgehead atoms. The van der Waals surface area contributed by atoms with Crippen molar-refractivity contribution < 1.29 is 17.9 Å². The van der Waals surface area contributed by atoms with Crippen molar-refractivity contribution in [2.45, 2.75) is 53.9 Å². The Hall–Kier alpha value is -2.64. The summed E-state index contributed by atoms with van der Waals surface area (Å²) in [4.78, 5) is 13.8. The van der Waals surface area contributed by atoms with Gasteiger partial charge in [-0.3, -0.25) is 4.79 Å². The molecule has 1 fully saturated rings. The van der Waals surface area contributed by atoms with Crippen LogP contribution in [0.15, 0.2) is 69.8 Å². The number of rotatable bonds is 5. The van der Waals surface area contributed by atoms with Gasteiger partial charge in [0.05, 0.1) is 16.7 Å². The summed E-state index contributed by atoms with van der Waals surface area (Å²) in [6, 6.07) is 16.2. The first-order chi connectivity index (χ1) is 15.0. The number of anilines is 1. The number of benzene rings is 2. The van der Waals surface area contributed by atoms with Gasteiger partial charge < -0.3 is 10.1 Å². The molecule has 1 amide bonds. The second kappa shape index (κ2) is 8.13. The Balaban J connectivity index is 1.46. The summed E-state index contributed by atoms with van der Waals surface area (Å²) in [5.41, 5.74) is 1.40. The van der Waals surface area contributed by atoms with Crippen LogP contribution in [0.3, 0.4) is 0 Å². The van der Waals surface area contributed by atoms with E-state index in [4.69, 9.17) is 4.74 Å². The van der Waals surface area contributed by atoms with Crippen molar-refractivity contribution >= 4 is 32.8 Å². The minimum atomic E-state index is -3.71. The van der Waals surface area contributed by atoms with Crippen LogP contribution >= 0.6 is 11.3 Å². The van der Waals surface area contributed by atoms with Gasteiger partial charge in [-0.25, -0.2) is 8.42 Å². The fourth-order valence-corrected chi connectivity index (χ4v) is 7.30. The largest absolute Gasteiger partial charge is 0.490 e. The van der Waals surface area contributed by atoms with E-state index in [9.17, 15) is 13.2 Å². The zero-order valence-electron chi connectivity index (χ0n) is 16.9. The van der Waals surface area contributed by atoms with Gasteiger partial charge in [-0.05, 0) is 55.5 Å². The van der Waals surface area contributed by atoms with Crippen LogP contribution in [-0.2, 0) is 14.6 Å². The van der Waals surface area contributed by atoms with Gasteiger partial charge in [0, 0.05) is 22.6 Å². The first kappa shape index (κ1) is 20.3. The van der Waals surface area contributed by atoms with Gasteiger partial charge in [-0.15, -0.1) is 11.3 Å². The minimum Gasteiger partial charge on any atom is -0.490 e. The summed E-state index contributed by atoms with van der Waals surface area (Å²) >= 11 is 1.38. The maximum atomic E-state index is 13.2. The quantitative estimate of drug-likeness (QED) is 0.563. The molecular formula is C24H23NO4S2. The van der Waals surface area contributed by atoms with Crippen molar-refractivity contribution in [3.8, 4) is 5.75 Å². The number of carbonyl (C=O) groups excluding carboxylic acids is 1. The fraction of sp³-hybridized carbons (Fsp3) is 0.292. The number of hydrogen-bond donors (Lipinski definition) is 1. The Kier molecular flexibility index (Phi) is 5.32. The van der Waals surface area contributed by atoms with Crippen molar-refractivity contribution in [3.05, 3.63) is 70.4 Å². The molecule has 5 rings (SSSR count). The van der Waals surface area contributed by atoms with Gasteiger partial charge in [0.25, 0.3) is 0 Å². The van der Waals surface area contributed by atoms with Crippen LogP contribution in [-0.4, -0.2) is 20.4 Å². The smallest absolute Gasteiger partial charge is 0.225 e. The number of sulfone groups is 1. The molecule has 1 N–H and O–H groups in total. The van der Waals surface area contributed by atoms with Gasteiger partial charge in [0.2, 0.25) is 15.7 Å². The highest BCUT2D eigenvalue weighted by atomic mass is 32.2. The van der Waals surface area contributed by atoms with Crippen LogP contribution in [0.25, 0.3) is 0 Å². The van der Waals surface area contributed by atoms with Crippen LogP contribution in [0.5, 0.6) is 5.75 Å². The zero-order valence-corrected chi connectivity index (χ0v) is 18.5. The first-order valence-electron chi connectivity index (χ1n) is 10.5. The maximum Gasteiger partial charge on any atom is 0.225 e. The monoisotopic (exact) mass is 453 g/mol. The molecule has 1 atom stereocenters. The number of ether oxygens (including phenoxy) is 1. The maximum absolute atomic E-state index is 13.2. The van der Waals surface area contributed by atoms with E-state index in [1.54, 1.807) is 35.7 Å². The van der Waals surface area contributed by atoms with E-state index in [-0.39, 0.29) is 21.6 Å².